The van der Waals surface area contributed by atoms with Gasteiger partial charge >= 0.3 is 12.0 Å². The van der Waals surface area contributed by atoms with Crippen molar-refractivity contribution >= 4 is 17.7 Å². The van der Waals surface area contributed by atoms with Gasteiger partial charge in [0.1, 0.15) is 6.04 Å². The van der Waals surface area contributed by atoms with E-state index >= 15 is 0 Å². The van der Waals surface area contributed by atoms with Crippen molar-refractivity contribution in [1.29, 1.82) is 0 Å². The second-order valence-electron chi connectivity index (χ2n) is 6.00. The van der Waals surface area contributed by atoms with Crippen molar-refractivity contribution in [2.45, 2.75) is 19.9 Å². The molecule has 6 nitrogen and oxygen atoms in total. The van der Waals surface area contributed by atoms with Crippen LogP contribution in [-0.2, 0) is 9.53 Å². The number of benzene rings is 1. The first-order valence-electron chi connectivity index (χ1n) is 7.96. The van der Waals surface area contributed by atoms with Crippen molar-refractivity contribution in [3.8, 4) is 0 Å². The van der Waals surface area contributed by atoms with E-state index in [1.807, 2.05) is 32.0 Å². The SMILES string of the molecule is COC(=O)[C@@H](NC(=O)N1CCN(c2ccccc2)CC1)C(C)C. The molecule has 1 aliphatic rings. The minimum absolute atomic E-state index is 0.0167. The third kappa shape index (κ3) is 4.37. The zero-order valence-electron chi connectivity index (χ0n) is 14.0. The number of piperazine rings is 1. The third-order valence-corrected chi connectivity index (χ3v) is 4.09. The smallest absolute Gasteiger partial charge is 0.328 e. The number of hydrogen-bond acceptors (Lipinski definition) is 4. The number of nitrogens with one attached hydrogen (secondary N) is 1. The summed E-state index contributed by atoms with van der Waals surface area (Å²) in [6, 6.07) is 9.34. The fourth-order valence-corrected chi connectivity index (χ4v) is 2.66. The molecule has 1 fully saturated rings. The molecule has 1 saturated heterocycles. The van der Waals surface area contributed by atoms with E-state index in [4.69, 9.17) is 4.74 Å². The normalized spacial score (nSPS) is 16.2. The lowest BCUT2D eigenvalue weighted by molar-refractivity contribution is -0.144. The topological polar surface area (TPSA) is 61.9 Å². The van der Waals surface area contributed by atoms with E-state index in [1.54, 1.807) is 4.90 Å². The highest BCUT2D eigenvalue weighted by Crippen LogP contribution is 2.15. The predicted molar refractivity (Wildman–Crippen MR) is 89.4 cm³/mol. The first kappa shape index (κ1) is 17.1. The van der Waals surface area contributed by atoms with E-state index in [2.05, 4.69) is 22.3 Å². The number of ether oxygens (including phenoxy) is 1. The molecule has 1 N–H and O–H groups in total. The molecule has 1 atom stereocenters. The number of methoxy groups -OCH3 is 1. The summed E-state index contributed by atoms with van der Waals surface area (Å²) in [4.78, 5) is 28.1. The molecule has 6 heteroatoms. The Hall–Kier alpha value is -2.24. The highest BCUT2D eigenvalue weighted by molar-refractivity contribution is 5.83. The van der Waals surface area contributed by atoms with Gasteiger partial charge in [-0.15, -0.1) is 0 Å². The number of para-hydroxylation sites is 1. The zero-order chi connectivity index (χ0) is 16.8. The van der Waals surface area contributed by atoms with Gasteiger partial charge in [0.15, 0.2) is 0 Å². The summed E-state index contributed by atoms with van der Waals surface area (Å²) < 4.78 is 4.76. The van der Waals surface area contributed by atoms with Crippen molar-refractivity contribution in [3.63, 3.8) is 0 Å². The van der Waals surface area contributed by atoms with Gasteiger partial charge in [0, 0.05) is 31.9 Å². The number of esters is 1. The molecule has 23 heavy (non-hydrogen) atoms. The van der Waals surface area contributed by atoms with E-state index in [1.165, 1.54) is 12.8 Å². The molecule has 0 bridgehead atoms. The minimum atomic E-state index is -0.611. The van der Waals surface area contributed by atoms with Crippen LogP contribution in [0.3, 0.4) is 0 Å². The van der Waals surface area contributed by atoms with Crippen LogP contribution in [0.1, 0.15) is 13.8 Å². The Bertz CT molecular complexity index is 525. The number of carbonyl (C=O) groups is 2. The fourth-order valence-electron chi connectivity index (χ4n) is 2.66. The molecule has 1 aromatic rings. The van der Waals surface area contributed by atoms with Crippen molar-refractivity contribution in [2.24, 2.45) is 5.92 Å². The number of rotatable bonds is 4. The maximum atomic E-state index is 12.4. The number of anilines is 1. The van der Waals surface area contributed by atoms with Crippen LogP contribution in [-0.4, -0.2) is 56.2 Å². The van der Waals surface area contributed by atoms with Crippen molar-refractivity contribution in [2.75, 3.05) is 38.2 Å². The molecular formula is C17H25N3O3. The van der Waals surface area contributed by atoms with Gasteiger partial charge in [-0.2, -0.15) is 0 Å². The Balaban J connectivity index is 1.89. The van der Waals surface area contributed by atoms with Gasteiger partial charge in [0.05, 0.1) is 7.11 Å². The summed E-state index contributed by atoms with van der Waals surface area (Å²) in [7, 11) is 1.34. The second kappa shape index (κ2) is 7.85. The summed E-state index contributed by atoms with van der Waals surface area (Å²) in [6.45, 7) is 6.59. The van der Waals surface area contributed by atoms with Gasteiger partial charge in [-0.05, 0) is 18.1 Å². The van der Waals surface area contributed by atoms with E-state index in [0.29, 0.717) is 13.1 Å². The first-order valence-corrected chi connectivity index (χ1v) is 7.96. The van der Waals surface area contributed by atoms with E-state index < -0.39 is 12.0 Å². The lowest BCUT2D eigenvalue weighted by Crippen LogP contribution is -2.55. The van der Waals surface area contributed by atoms with Crippen LogP contribution in [0.15, 0.2) is 30.3 Å². The molecule has 0 spiro atoms. The van der Waals surface area contributed by atoms with E-state index in [9.17, 15) is 9.59 Å². The maximum Gasteiger partial charge on any atom is 0.328 e. The zero-order valence-corrected chi connectivity index (χ0v) is 14.0. The largest absolute Gasteiger partial charge is 0.467 e. The maximum absolute atomic E-state index is 12.4. The Morgan fingerprint density at radius 3 is 2.22 bits per heavy atom. The number of hydrogen-bond donors (Lipinski definition) is 1. The third-order valence-electron chi connectivity index (χ3n) is 4.09. The highest BCUT2D eigenvalue weighted by atomic mass is 16.5. The van der Waals surface area contributed by atoms with Crippen molar-refractivity contribution < 1.29 is 14.3 Å². The number of nitrogens with zero attached hydrogens (tertiary/aromatic N) is 2. The highest BCUT2D eigenvalue weighted by Gasteiger charge is 2.28. The molecule has 0 aromatic heterocycles. The minimum Gasteiger partial charge on any atom is -0.467 e. The fraction of sp³-hybridized carbons (Fsp3) is 0.529. The molecule has 0 saturated carbocycles. The van der Waals surface area contributed by atoms with Crippen LogP contribution >= 0.6 is 0 Å². The molecule has 2 rings (SSSR count). The predicted octanol–water partition coefficient (Wildman–Crippen LogP) is 1.72. The lowest BCUT2D eigenvalue weighted by atomic mass is 10.1. The first-order chi connectivity index (χ1) is 11.0. The Morgan fingerprint density at radius 2 is 1.70 bits per heavy atom. The molecule has 0 aliphatic carbocycles. The second-order valence-corrected chi connectivity index (χ2v) is 6.00. The van der Waals surface area contributed by atoms with Crippen molar-refractivity contribution in [1.82, 2.24) is 10.2 Å². The van der Waals surface area contributed by atoms with Gasteiger partial charge in [0.2, 0.25) is 0 Å². The van der Waals surface area contributed by atoms with Gasteiger partial charge in [0.25, 0.3) is 0 Å². The lowest BCUT2D eigenvalue weighted by Gasteiger charge is -2.36. The molecule has 0 unspecified atom stereocenters. The molecule has 126 valence electrons. The molecule has 2 amide bonds. The summed E-state index contributed by atoms with van der Waals surface area (Å²) >= 11 is 0. The Labute approximate surface area is 137 Å². The average molecular weight is 319 g/mol. The van der Waals surface area contributed by atoms with E-state index in [-0.39, 0.29) is 11.9 Å². The van der Waals surface area contributed by atoms with Gasteiger partial charge in [-0.1, -0.05) is 32.0 Å². The van der Waals surface area contributed by atoms with Gasteiger partial charge in [-0.25, -0.2) is 9.59 Å². The number of urea groups is 1. The van der Waals surface area contributed by atoms with Crippen LogP contribution in [0.5, 0.6) is 0 Å². The monoisotopic (exact) mass is 319 g/mol. The number of carbonyl (C=O) groups excluding carboxylic acids is 2. The van der Waals surface area contributed by atoms with Crippen LogP contribution < -0.4 is 10.2 Å². The molecule has 1 aromatic carbocycles. The molecule has 1 aliphatic heterocycles. The van der Waals surface area contributed by atoms with Crippen LogP contribution in [0.2, 0.25) is 0 Å². The van der Waals surface area contributed by atoms with Crippen LogP contribution in [0.4, 0.5) is 10.5 Å². The van der Waals surface area contributed by atoms with Crippen molar-refractivity contribution in [3.05, 3.63) is 30.3 Å². The summed E-state index contributed by atoms with van der Waals surface area (Å²) in [5.74, 6) is -0.423. The summed E-state index contributed by atoms with van der Waals surface area (Å²) in [6.07, 6.45) is 0. The van der Waals surface area contributed by atoms with Gasteiger partial charge in [-0.3, -0.25) is 0 Å². The molecule has 0 radical (unpaired) electrons. The van der Waals surface area contributed by atoms with E-state index in [0.717, 1.165) is 13.1 Å². The van der Waals surface area contributed by atoms with Gasteiger partial charge < -0.3 is 19.9 Å². The van der Waals surface area contributed by atoms with Crippen LogP contribution in [0.25, 0.3) is 0 Å². The number of amides is 2. The summed E-state index contributed by atoms with van der Waals surface area (Å²) in [5.41, 5.74) is 1.17. The quantitative estimate of drug-likeness (QED) is 0.858. The standard InChI is InChI=1S/C17H25N3O3/c1-13(2)15(16(21)23-3)18-17(22)20-11-9-19(10-12-20)14-7-5-4-6-8-14/h4-8,13,15H,9-12H2,1-3H3,(H,18,22)/t15-/m0/s1. The molecule has 1 heterocycles. The molecular weight excluding hydrogens is 294 g/mol. The Kier molecular flexibility index (Phi) is 5.84. The van der Waals surface area contributed by atoms with Crippen LogP contribution in [0, 0.1) is 5.92 Å². The summed E-state index contributed by atoms with van der Waals surface area (Å²) in [5, 5.41) is 2.79. The Morgan fingerprint density at radius 1 is 1.09 bits per heavy atom. The average Bonchev–Trinajstić information content (AvgIpc) is 2.59.